The predicted octanol–water partition coefficient (Wildman–Crippen LogP) is 3.92. The lowest BCUT2D eigenvalue weighted by atomic mass is 10.1. The molecule has 0 radical (unpaired) electrons. The van der Waals surface area contributed by atoms with E-state index >= 15 is 0 Å². The number of pyridine rings is 1. The molecule has 3 aromatic rings. The fourth-order valence-corrected chi connectivity index (χ4v) is 2.96. The monoisotopic (exact) mass is 429 g/mol. The van der Waals surface area contributed by atoms with Crippen LogP contribution in [0.3, 0.4) is 0 Å². The number of anilines is 2. The maximum atomic E-state index is 14.3. The van der Waals surface area contributed by atoms with Gasteiger partial charge in [-0.3, -0.25) is 9.78 Å². The van der Waals surface area contributed by atoms with Crippen molar-refractivity contribution in [1.29, 1.82) is 0 Å². The summed E-state index contributed by atoms with van der Waals surface area (Å²) in [6.45, 7) is 3.90. The molecule has 0 unspecified atom stereocenters. The summed E-state index contributed by atoms with van der Waals surface area (Å²) in [6.07, 6.45) is 4.59. The lowest BCUT2D eigenvalue weighted by molar-refractivity contribution is 0.0945. The Morgan fingerprint density at radius 2 is 2.07 bits per heavy atom. The first-order valence-corrected chi connectivity index (χ1v) is 9.71. The Bertz CT molecular complexity index is 1060. The van der Waals surface area contributed by atoms with Gasteiger partial charge in [-0.05, 0) is 30.2 Å². The molecule has 7 nitrogen and oxygen atoms in total. The van der Waals surface area contributed by atoms with E-state index in [9.17, 15) is 9.18 Å². The minimum absolute atomic E-state index is 0.0688. The van der Waals surface area contributed by atoms with Crippen LogP contribution in [0.25, 0.3) is 11.4 Å². The molecular weight excluding hydrogens is 409 g/mol. The van der Waals surface area contributed by atoms with Gasteiger partial charge in [0.1, 0.15) is 11.6 Å². The number of halogens is 2. The number of aliphatic hydroxyl groups excluding tert-OH is 1. The molecule has 2 aromatic heterocycles. The van der Waals surface area contributed by atoms with Gasteiger partial charge < -0.3 is 15.7 Å². The topological polar surface area (TPSA) is 100 Å². The minimum Gasteiger partial charge on any atom is -0.395 e. The molecule has 0 fully saturated rings. The third-order valence-corrected chi connectivity index (χ3v) is 4.56. The average Bonchev–Trinajstić information content (AvgIpc) is 2.74. The Labute approximate surface area is 178 Å². The van der Waals surface area contributed by atoms with E-state index in [1.807, 2.05) is 13.8 Å². The van der Waals surface area contributed by atoms with Gasteiger partial charge in [-0.25, -0.2) is 14.4 Å². The highest BCUT2D eigenvalue weighted by molar-refractivity contribution is 6.30. The molecule has 0 spiro atoms. The number of nitrogens with one attached hydrogen (secondary N) is 2. The molecule has 2 heterocycles. The van der Waals surface area contributed by atoms with Crippen molar-refractivity contribution < 1.29 is 14.3 Å². The van der Waals surface area contributed by atoms with Crippen LogP contribution in [-0.4, -0.2) is 39.1 Å². The zero-order valence-corrected chi connectivity index (χ0v) is 17.2. The minimum atomic E-state index is -0.490. The van der Waals surface area contributed by atoms with E-state index in [0.717, 1.165) is 5.56 Å². The predicted molar refractivity (Wildman–Crippen MR) is 113 cm³/mol. The van der Waals surface area contributed by atoms with Gasteiger partial charge in [0, 0.05) is 35.7 Å². The third-order valence-electron chi connectivity index (χ3n) is 4.32. The van der Waals surface area contributed by atoms with Gasteiger partial charge in [0.05, 0.1) is 23.4 Å². The largest absolute Gasteiger partial charge is 0.395 e. The molecule has 0 saturated carbocycles. The Kier molecular flexibility index (Phi) is 6.91. The Morgan fingerprint density at radius 1 is 1.27 bits per heavy atom. The number of hydrogen-bond acceptors (Lipinski definition) is 6. The Hall–Kier alpha value is -3.10. The van der Waals surface area contributed by atoms with Gasteiger partial charge in [-0.1, -0.05) is 25.4 Å². The van der Waals surface area contributed by atoms with Crippen LogP contribution in [0.5, 0.6) is 0 Å². The molecule has 9 heteroatoms. The fourth-order valence-electron chi connectivity index (χ4n) is 2.79. The van der Waals surface area contributed by atoms with E-state index in [1.165, 1.54) is 24.4 Å². The van der Waals surface area contributed by atoms with Crippen molar-refractivity contribution in [3.05, 3.63) is 64.8 Å². The molecule has 3 rings (SSSR count). The highest BCUT2D eigenvalue weighted by atomic mass is 35.5. The van der Waals surface area contributed by atoms with E-state index in [-0.39, 0.29) is 41.9 Å². The number of amides is 1. The van der Waals surface area contributed by atoms with Crippen molar-refractivity contribution >= 4 is 29.0 Å². The SMILES string of the molecule is CC(C)c1cnc(-c2cc(Cl)ccc2F)nc1Nc1ccncc1C(=O)NCCO. The Balaban J connectivity index is 2.04. The summed E-state index contributed by atoms with van der Waals surface area (Å²) >= 11 is 6.01. The molecule has 0 bridgehead atoms. The van der Waals surface area contributed by atoms with Crippen LogP contribution in [-0.2, 0) is 0 Å². The van der Waals surface area contributed by atoms with E-state index in [4.69, 9.17) is 16.7 Å². The maximum Gasteiger partial charge on any atom is 0.255 e. The van der Waals surface area contributed by atoms with E-state index in [0.29, 0.717) is 16.5 Å². The van der Waals surface area contributed by atoms with Crippen LogP contribution in [0, 0.1) is 5.82 Å². The first kappa shape index (κ1) is 21.6. The van der Waals surface area contributed by atoms with Gasteiger partial charge in [-0.2, -0.15) is 0 Å². The van der Waals surface area contributed by atoms with Crippen LogP contribution in [0.4, 0.5) is 15.9 Å². The number of carbonyl (C=O) groups excluding carboxylic acids is 1. The smallest absolute Gasteiger partial charge is 0.255 e. The van der Waals surface area contributed by atoms with Crippen LogP contribution < -0.4 is 10.6 Å². The standard InChI is InChI=1S/C21H21ClFN5O2/c1-12(2)15-11-26-19(14-9-13(22)3-4-17(14)23)28-20(15)27-18-5-6-24-10-16(18)21(30)25-7-8-29/h3-6,9-12,29H,7-8H2,1-2H3,(H,25,30)(H,24,26,27,28). The zero-order chi connectivity index (χ0) is 21.7. The van der Waals surface area contributed by atoms with Gasteiger partial charge in [0.25, 0.3) is 5.91 Å². The lowest BCUT2D eigenvalue weighted by Crippen LogP contribution is -2.27. The molecule has 30 heavy (non-hydrogen) atoms. The average molecular weight is 430 g/mol. The zero-order valence-electron chi connectivity index (χ0n) is 16.5. The summed E-state index contributed by atoms with van der Waals surface area (Å²) in [5.74, 6) is -0.199. The number of aromatic nitrogens is 3. The molecule has 0 aliphatic heterocycles. The summed E-state index contributed by atoms with van der Waals surface area (Å²) in [5.41, 5.74) is 1.73. The van der Waals surface area contributed by atoms with Crippen molar-refractivity contribution in [1.82, 2.24) is 20.3 Å². The van der Waals surface area contributed by atoms with Crippen molar-refractivity contribution in [3.8, 4) is 11.4 Å². The van der Waals surface area contributed by atoms with Crippen molar-refractivity contribution in [3.63, 3.8) is 0 Å². The quantitative estimate of drug-likeness (QED) is 0.526. The van der Waals surface area contributed by atoms with Crippen LogP contribution in [0.1, 0.15) is 35.7 Å². The molecule has 0 aliphatic rings. The first-order valence-electron chi connectivity index (χ1n) is 9.33. The molecule has 0 aliphatic carbocycles. The van der Waals surface area contributed by atoms with Crippen molar-refractivity contribution in [2.45, 2.75) is 19.8 Å². The second-order valence-corrected chi connectivity index (χ2v) is 7.24. The number of hydrogen-bond donors (Lipinski definition) is 3. The Morgan fingerprint density at radius 3 is 2.80 bits per heavy atom. The third kappa shape index (κ3) is 4.90. The van der Waals surface area contributed by atoms with Gasteiger partial charge in [0.15, 0.2) is 5.82 Å². The lowest BCUT2D eigenvalue weighted by Gasteiger charge is -2.16. The van der Waals surface area contributed by atoms with E-state index in [2.05, 4.69) is 25.6 Å². The van der Waals surface area contributed by atoms with Gasteiger partial charge in [0.2, 0.25) is 0 Å². The summed E-state index contributed by atoms with van der Waals surface area (Å²) < 4.78 is 14.3. The molecule has 0 atom stereocenters. The highest BCUT2D eigenvalue weighted by Gasteiger charge is 2.17. The normalized spacial score (nSPS) is 10.9. The molecule has 3 N–H and O–H groups in total. The van der Waals surface area contributed by atoms with Gasteiger partial charge >= 0.3 is 0 Å². The highest BCUT2D eigenvalue weighted by Crippen LogP contribution is 2.30. The molecule has 0 saturated heterocycles. The second-order valence-electron chi connectivity index (χ2n) is 6.80. The summed E-state index contributed by atoms with van der Waals surface area (Å²) in [7, 11) is 0. The molecule has 1 amide bonds. The number of rotatable bonds is 7. The van der Waals surface area contributed by atoms with Crippen LogP contribution >= 0.6 is 11.6 Å². The van der Waals surface area contributed by atoms with Gasteiger partial charge in [-0.15, -0.1) is 0 Å². The fraction of sp³-hybridized carbons (Fsp3) is 0.238. The van der Waals surface area contributed by atoms with E-state index < -0.39 is 5.82 Å². The van der Waals surface area contributed by atoms with Crippen molar-refractivity contribution in [2.24, 2.45) is 0 Å². The van der Waals surface area contributed by atoms with Crippen LogP contribution in [0.15, 0.2) is 42.9 Å². The summed E-state index contributed by atoms with van der Waals surface area (Å²) in [4.78, 5) is 25.2. The van der Waals surface area contributed by atoms with Crippen molar-refractivity contribution in [2.75, 3.05) is 18.5 Å². The number of carbonyl (C=O) groups is 1. The number of nitrogens with zero attached hydrogens (tertiary/aromatic N) is 3. The molecule has 1 aromatic carbocycles. The number of benzene rings is 1. The number of aliphatic hydroxyl groups is 1. The van der Waals surface area contributed by atoms with E-state index in [1.54, 1.807) is 18.5 Å². The second kappa shape index (κ2) is 9.60. The first-order chi connectivity index (χ1) is 14.4. The molecular formula is C21H21ClFN5O2. The maximum absolute atomic E-state index is 14.3. The summed E-state index contributed by atoms with van der Waals surface area (Å²) in [6, 6.07) is 5.82. The molecule has 156 valence electrons. The summed E-state index contributed by atoms with van der Waals surface area (Å²) in [5, 5.41) is 15.1. The van der Waals surface area contributed by atoms with Crippen LogP contribution in [0.2, 0.25) is 5.02 Å².